The fraction of sp³-hybridized carbons (Fsp3) is 0.636. The van der Waals surface area contributed by atoms with Crippen molar-refractivity contribution in [3.05, 3.63) is 30.1 Å². The maximum Gasteiger partial charge on any atom is 0.241 e. The summed E-state index contributed by atoms with van der Waals surface area (Å²) in [6.07, 6.45) is 9.17. The highest BCUT2D eigenvalue weighted by Crippen LogP contribution is 2.48. The fourth-order valence-corrected chi connectivity index (χ4v) is 5.95. The molecule has 29 heavy (non-hydrogen) atoms. The quantitative estimate of drug-likeness (QED) is 0.829. The van der Waals surface area contributed by atoms with Crippen LogP contribution in [-0.2, 0) is 16.0 Å². The second-order valence-corrected chi connectivity index (χ2v) is 9.16. The van der Waals surface area contributed by atoms with Gasteiger partial charge < -0.3 is 15.5 Å². The van der Waals surface area contributed by atoms with Gasteiger partial charge in [0.1, 0.15) is 6.04 Å². The van der Waals surface area contributed by atoms with Gasteiger partial charge in [-0.05, 0) is 68.1 Å². The smallest absolute Gasteiger partial charge is 0.241 e. The topological polar surface area (TPSA) is 103 Å². The number of nitriles is 1. The highest BCUT2D eigenvalue weighted by molar-refractivity contribution is 5.84. The normalized spacial score (nSPS) is 35.7. The summed E-state index contributed by atoms with van der Waals surface area (Å²) in [5.41, 5.74) is 7.44. The van der Waals surface area contributed by atoms with E-state index < -0.39 is 6.04 Å². The standard InChI is InChI=1S/C22H27N5O2/c23-12-18-8-14-11-19(14)27(18)22(29)21(24)15-9-16-1-2-17(10-15)26(16)20(28)7-13-3-5-25-6-4-13/h3-6,14-19,21H,1-2,7-11,24H2/t14-,15?,16?,17?,18+,19+,21+/m1/s1. The van der Waals surface area contributed by atoms with Gasteiger partial charge >= 0.3 is 0 Å². The van der Waals surface area contributed by atoms with Crippen LogP contribution in [0.5, 0.6) is 0 Å². The predicted molar refractivity (Wildman–Crippen MR) is 105 cm³/mol. The Morgan fingerprint density at radius 2 is 1.83 bits per heavy atom. The summed E-state index contributed by atoms with van der Waals surface area (Å²) in [5.74, 6) is 0.691. The molecule has 1 aromatic heterocycles. The average Bonchev–Trinajstić information content (AvgIpc) is 3.32. The van der Waals surface area contributed by atoms with E-state index in [0.717, 1.165) is 44.1 Å². The Morgan fingerprint density at radius 3 is 2.48 bits per heavy atom. The number of carbonyl (C=O) groups excluding carboxylic acids is 2. The molecule has 2 bridgehead atoms. The third kappa shape index (κ3) is 3.20. The van der Waals surface area contributed by atoms with E-state index in [4.69, 9.17) is 5.73 Å². The first kappa shape index (κ1) is 18.6. The monoisotopic (exact) mass is 393 g/mol. The van der Waals surface area contributed by atoms with Gasteiger partial charge in [0.2, 0.25) is 11.8 Å². The first-order valence-electron chi connectivity index (χ1n) is 10.7. The number of aromatic nitrogens is 1. The van der Waals surface area contributed by atoms with Gasteiger partial charge in [0.15, 0.2) is 0 Å². The van der Waals surface area contributed by atoms with Crippen LogP contribution in [0.2, 0.25) is 0 Å². The summed E-state index contributed by atoms with van der Waals surface area (Å²) in [4.78, 5) is 33.9. The van der Waals surface area contributed by atoms with E-state index in [2.05, 4.69) is 16.0 Å². The molecular weight excluding hydrogens is 366 g/mol. The number of pyridine rings is 1. The second kappa shape index (κ2) is 7.10. The first-order chi connectivity index (χ1) is 14.1. The molecule has 2 unspecified atom stereocenters. The van der Waals surface area contributed by atoms with Crippen LogP contribution < -0.4 is 5.73 Å². The molecule has 1 saturated carbocycles. The van der Waals surface area contributed by atoms with Crippen LogP contribution >= 0.6 is 0 Å². The van der Waals surface area contributed by atoms with Crippen molar-refractivity contribution in [2.24, 2.45) is 17.6 Å². The number of amides is 2. The molecule has 0 aromatic carbocycles. The lowest BCUT2D eigenvalue weighted by molar-refractivity contribution is -0.138. The number of nitrogens with zero attached hydrogens (tertiary/aromatic N) is 4. The van der Waals surface area contributed by atoms with E-state index in [9.17, 15) is 14.9 Å². The molecule has 1 aliphatic carbocycles. The van der Waals surface area contributed by atoms with E-state index in [1.165, 1.54) is 0 Å². The van der Waals surface area contributed by atoms with Crippen LogP contribution in [0.15, 0.2) is 24.5 Å². The van der Waals surface area contributed by atoms with Crippen LogP contribution in [0.25, 0.3) is 0 Å². The SMILES string of the molecule is N#C[C@@H]1C[C@@H]2C[C@@H]2N1C(=O)[C@@H](N)C1CC2CCC(C1)N2C(=O)Cc1ccncc1. The highest BCUT2D eigenvalue weighted by atomic mass is 16.2. The third-order valence-electron chi connectivity index (χ3n) is 7.46. The Morgan fingerprint density at radius 1 is 1.14 bits per heavy atom. The Hall–Kier alpha value is -2.46. The minimum absolute atomic E-state index is 0.0532. The Bertz CT molecular complexity index is 839. The van der Waals surface area contributed by atoms with E-state index in [1.54, 1.807) is 17.3 Å². The van der Waals surface area contributed by atoms with Crippen molar-refractivity contribution in [3.8, 4) is 6.07 Å². The number of piperidine rings is 2. The van der Waals surface area contributed by atoms with E-state index in [-0.39, 0.29) is 41.9 Å². The maximum absolute atomic E-state index is 13.1. The molecule has 4 aliphatic rings. The maximum atomic E-state index is 13.1. The summed E-state index contributed by atoms with van der Waals surface area (Å²) < 4.78 is 0. The summed E-state index contributed by atoms with van der Waals surface area (Å²) in [5, 5.41) is 9.39. The van der Waals surface area contributed by atoms with Crippen molar-refractivity contribution in [1.82, 2.24) is 14.8 Å². The molecule has 6 atom stereocenters. The van der Waals surface area contributed by atoms with Gasteiger partial charge in [-0.2, -0.15) is 5.26 Å². The molecular formula is C22H27N5O2. The number of nitrogens with two attached hydrogens (primary N) is 1. The van der Waals surface area contributed by atoms with Gasteiger partial charge in [-0.1, -0.05) is 0 Å². The highest BCUT2D eigenvalue weighted by Gasteiger charge is 2.56. The summed E-state index contributed by atoms with van der Waals surface area (Å²) in [7, 11) is 0. The molecule has 7 nitrogen and oxygen atoms in total. The van der Waals surface area contributed by atoms with Gasteiger partial charge in [0.25, 0.3) is 0 Å². The van der Waals surface area contributed by atoms with Crippen molar-refractivity contribution < 1.29 is 9.59 Å². The Kier molecular flexibility index (Phi) is 4.54. The third-order valence-corrected chi connectivity index (χ3v) is 7.46. The van der Waals surface area contributed by atoms with Crippen molar-refractivity contribution in [2.75, 3.05) is 0 Å². The number of hydrogen-bond donors (Lipinski definition) is 1. The zero-order valence-electron chi connectivity index (χ0n) is 16.5. The molecule has 1 aromatic rings. The van der Waals surface area contributed by atoms with Gasteiger partial charge in [-0.25, -0.2) is 0 Å². The summed E-state index contributed by atoms with van der Waals surface area (Å²) >= 11 is 0. The van der Waals surface area contributed by atoms with Gasteiger partial charge in [0.05, 0.1) is 18.5 Å². The zero-order valence-corrected chi connectivity index (χ0v) is 16.5. The molecule has 5 rings (SSSR count). The molecule has 2 amide bonds. The van der Waals surface area contributed by atoms with Gasteiger partial charge in [-0.15, -0.1) is 0 Å². The van der Waals surface area contributed by atoms with Crippen LogP contribution in [-0.4, -0.2) is 56.8 Å². The lowest BCUT2D eigenvalue weighted by Gasteiger charge is -2.41. The number of carbonyl (C=O) groups is 2. The van der Waals surface area contributed by atoms with Crippen molar-refractivity contribution in [2.45, 2.75) is 75.2 Å². The van der Waals surface area contributed by atoms with Crippen LogP contribution in [0.1, 0.15) is 44.1 Å². The fourth-order valence-electron chi connectivity index (χ4n) is 5.95. The summed E-state index contributed by atoms with van der Waals surface area (Å²) in [6, 6.07) is 5.75. The minimum atomic E-state index is -0.564. The Labute approximate surface area is 170 Å². The van der Waals surface area contributed by atoms with Gasteiger partial charge in [-0.3, -0.25) is 14.6 Å². The first-order valence-corrected chi connectivity index (χ1v) is 10.7. The predicted octanol–water partition coefficient (Wildman–Crippen LogP) is 1.23. The van der Waals surface area contributed by atoms with Crippen molar-refractivity contribution in [1.29, 1.82) is 5.26 Å². The van der Waals surface area contributed by atoms with E-state index >= 15 is 0 Å². The molecule has 3 saturated heterocycles. The molecule has 7 heteroatoms. The molecule has 3 aliphatic heterocycles. The molecule has 4 heterocycles. The lowest BCUT2D eigenvalue weighted by Crippen LogP contribution is -2.55. The summed E-state index contributed by atoms with van der Waals surface area (Å²) in [6.45, 7) is 0. The zero-order chi connectivity index (χ0) is 20.1. The molecule has 152 valence electrons. The van der Waals surface area contributed by atoms with Crippen LogP contribution in [0.3, 0.4) is 0 Å². The molecule has 0 radical (unpaired) electrons. The molecule has 0 spiro atoms. The van der Waals surface area contributed by atoms with E-state index in [1.807, 2.05) is 12.1 Å². The number of hydrogen-bond acceptors (Lipinski definition) is 5. The second-order valence-electron chi connectivity index (χ2n) is 9.16. The number of likely N-dealkylation sites (tertiary alicyclic amines) is 1. The van der Waals surface area contributed by atoms with Crippen LogP contribution in [0.4, 0.5) is 0 Å². The van der Waals surface area contributed by atoms with E-state index in [0.29, 0.717) is 12.3 Å². The largest absolute Gasteiger partial charge is 0.336 e. The van der Waals surface area contributed by atoms with Crippen molar-refractivity contribution in [3.63, 3.8) is 0 Å². The Balaban J connectivity index is 1.24. The average molecular weight is 393 g/mol. The number of rotatable bonds is 4. The lowest BCUT2D eigenvalue weighted by atomic mass is 9.84. The minimum Gasteiger partial charge on any atom is -0.336 e. The number of fused-ring (bicyclic) bond motifs is 3. The molecule has 4 fully saturated rings. The van der Waals surface area contributed by atoms with Gasteiger partial charge in [0, 0.05) is 30.5 Å². The van der Waals surface area contributed by atoms with Crippen LogP contribution in [0, 0.1) is 23.2 Å². The molecule has 2 N–H and O–H groups in total. The van der Waals surface area contributed by atoms with Crippen molar-refractivity contribution >= 4 is 11.8 Å².